The van der Waals surface area contributed by atoms with Crippen molar-refractivity contribution in [2.45, 2.75) is 107 Å². The van der Waals surface area contributed by atoms with Gasteiger partial charge in [-0.25, -0.2) is 9.97 Å². The van der Waals surface area contributed by atoms with Crippen molar-refractivity contribution in [3.05, 3.63) is 59.9 Å². The monoisotopic (exact) mass is 774 g/mol. The minimum atomic E-state index is -0.971. The van der Waals surface area contributed by atoms with Gasteiger partial charge in [-0.1, -0.05) is 0 Å². The second kappa shape index (κ2) is 14.2. The molecule has 6 aliphatic rings. The molecular weight excluding hydrogens is 729 g/mol. The van der Waals surface area contributed by atoms with E-state index in [0.29, 0.717) is 11.1 Å². The number of rotatable bonds is 10. The maximum atomic E-state index is 13.3. The van der Waals surface area contributed by atoms with Crippen molar-refractivity contribution >= 4 is 46.0 Å². The molecule has 2 aliphatic carbocycles. The van der Waals surface area contributed by atoms with Crippen LogP contribution in [-0.4, -0.2) is 111 Å². The van der Waals surface area contributed by atoms with Gasteiger partial charge in [-0.15, -0.1) is 0 Å². The van der Waals surface area contributed by atoms with Gasteiger partial charge in [-0.05, 0) is 101 Å². The lowest BCUT2D eigenvalue weighted by Crippen LogP contribution is -2.54. The number of H-pyrrole nitrogens is 1. The maximum absolute atomic E-state index is 13.3. The van der Waals surface area contributed by atoms with Crippen LogP contribution in [-0.2, 0) is 19.1 Å². The number of aromatic amines is 1. The lowest BCUT2D eigenvalue weighted by Gasteiger charge is -2.42. The van der Waals surface area contributed by atoms with Crippen LogP contribution >= 0.6 is 0 Å². The number of imide groups is 2. The summed E-state index contributed by atoms with van der Waals surface area (Å²) in [6, 6.07) is 12.4. The predicted molar refractivity (Wildman–Crippen MR) is 208 cm³/mol. The minimum Gasteiger partial charge on any atom is -0.488 e. The third-order valence-electron chi connectivity index (χ3n) is 12.6. The van der Waals surface area contributed by atoms with Crippen molar-refractivity contribution in [3.8, 4) is 17.1 Å². The number of fused-ring (bicyclic) bond motifs is 2. The van der Waals surface area contributed by atoms with Gasteiger partial charge in [0.1, 0.15) is 35.2 Å². The number of hydrogen-bond acceptors (Lipinski definition) is 12. The molecule has 3 saturated heterocycles. The molecule has 1 atom stereocenters. The van der Waals surface area contributed by atoms with Gasteiger partial charge >= 0.3 is 0 Å². The molecule has 2 N–H and O–H groups in total. The molecule has 4 aliphatic heterocycles. The Kier molecular flexibility index (Phi) is 8.96. The molecule has 10 rings (SSSR count). The van der Waals surface area contributed by atoms with Crippen molar-refractivity contribution in [1.82, 2.24) is 30.4 Å². The van der Waals surface area contributed by atoms with Crippen LogP contribution < -0.4 is 19.9 Å². The molecule has 0 radical (unpaired) electrons. The van der Waals surface area contributed by atoms with Crippen molar-refractivity contribution in [2.75, 3.05) is 36.0 Å². The van der Waals surface area contributed by atoms with Gasteiger partial charge in [-0.2, -0.15) is 5.10 Å². The molecule has 2 saturated carbocycles. The summed E-state index contributed by atoms with van der Waals surface area (Å²) in [4.78, 5) is 65.2. The van der Waals surface area contributed by atoms with Crippen molar-refractivity contribution in [1.29, 1.82) is 0 Å². The Morgan fingerprint density at radius 1 is 0.754 bits per heavy atom. The molecule has 4 amide bonds. The summed E-state index contributed by atoms with van der Waals surface area (Å²) in [5, 5.41) is 11.0. The third kappa shape index (κ3) is 7.00. The number of carbonyl (C=O) groups excluding carboxylic acids is 4. The molecule has 2 aromatic heterocycles. The average Bonchev–Trinajstić information content (AvgIpc) is 3.69. The molecule has 296 valence electrons. The zero-order chi connectivity index (χ0) is 38.8. The van der Waals surface area contributed by atoms with Gasteiger partial charge in [0.05, 0.1) is 46.8 Å². The number of anilines is 2. The van der Waals surface area contributed by atoms with E-state index >= 15 is 0 Å². The zero-order valence-electron chi connectivity index (χ0n) is 31.9. The first-order chi connectivity index (χ1) is 27.7. The Balaban J connectivity index is 0.670. The Morgan fingerprint density at radius 2 is 1.46 bits per heavy atom. The molecular formula is C42H46N8O7. The molecule has 4 aromatic rings. The van der Waals surface area contributed by atoms with E-state index < -0.39 is 23.8 Å². The highest BCUT2D eigenvalue weighted by Gasteiger charge is 2.45. The summed E-state index contributed by atoms with van der Waals surface area (Å²) in [7, 11) is 0. The largest absolute Gasteiger partial charge is 0.488 e. The topological polar surface area (TPSA) is 172 Å². The molecule has 1 unspecified atom stereocenters. The number of ether oxygens (including phenoxy) is 3. The predicted octanol–water partition coefficient (Wildman–Crippen LogP) is 4.55. The van der Waals surface area contributed by atoms with Crippen LogP contribution in [0.25, 0.3) is 22.3 Å². The van der Waals surface area contributed by atoms with E-state index in [0.717, 1.165) is 122 Å². The van der Waals surface area contributed by atoms with E-state index in [1.54, 1.807) is 18.5 Å². The van der Waals surface area contributed by atoms with E-state index in [9.17, 15) is 19.2 Å². The number of hydrogen-bond donors (Lipinski definition) is 2. The van der Waals surface area contributed by atoms with Gasteiger partial charge in [-0.3, -0.25) is 34.5 Å². The summed E-state index contributed by atoms with van der Waals surface area (Å²) < 4.78 is 19.2. The van der Waals surface area contributed by atoms with Crippen LogP contribution in [0.2, 0.25) is 0 Å². The molecule has 57 heavy (non-hydrogen) atoms. The first kappa shape index (κ1) is 36.0. The molecule has 15 nitrogen and oxygen atoms in total. The van der Waals surface area contributed by atoms with Crippen molar-refractivity contribution in [3.63, 3.8) is 0 Å². The van der Waals surface area contributed by atoms with E-state index in [1.807, 2.05) is 24.3 Å². The summed E-state index contributed by atoms with van der Waals surface area (Å²) in [5.41, 5.74) is 3.93. The SMILES string of the molecule is CC1(Oc2ccc3[nH]nc(-c4cc(N5CCC(OC6CC(OC7CCN(c8ccc9c(c8)C(=O)N(C8CCC(=O)NC8=O)C9=O)CC7)C6)CC5)ncn4)c3c2)CC1. The number of nitrogens with zero attached hydrogens (tertiary/aromatic N) is 6. The number of aromatic nitrogens is 4. The maximum Gasteiger partial charge on any atom is 0.262 e. The Morgan fingerprint density at radius 3 is 2.16 bits per heavy atom. The highest BCUT2D eigenvalue weighted by atomic mass is 16.5. The molecule has 15 heteroatoms. The van der Waals surface area contributed by atoms with Crippen molar-refractivity contribution in [2.24, 2.45) is 0 Å². The lowest BCUT2D eigenvalue weighted by molar-refractivity contribution is -0.149. The third-order valence-corrected chi connectivity index (χ3v) is 12.6. The lowest BCUT2D eigenvalue weighted by atomic mass is 9.90. The fourth-order valence-electron chi connectivity index (χ4n) is 8.87. The zero-order valence-corrected chi connectivity index (χ0v) is 31.9. The average molecular weight is 775 g/mol. The fraction of sp³-hybridized carbons (Fsp3) is 0.500. The van der Waals surface area contributed by atoms with Gasteiger partial charge in [0.15, 0.2) is 0 Å². The highest BCUT2D eigenvalue weighted by molar-refractivity contribution is 6.23. The van der Waals surface area contributed by atoms with E-state index in [1.165, 1.54) is 0 Å². The van der Waals surface area contributed by atoms with E-state index in [4.69, 9.17) is 14.2 Å². The van der Waals surface area contributed by atoms with E-state index in [-0.39, 0.29) is 48.8 Å². The normalized spacial score (nSPS) is 25.1. The second-order valence-electron chi connectivity index (χ2n) is 16.6. The molecule has 6 heterocycles. The van der Waals surface area contributed by atoms with Crippen LogP contribution in [0.5, 0.6) is 5.75 Å². The van der Waals surface area contributed by atoms with Crippen LogP contribution in [0.3, 0.4) is 0 Å². The first-order valence-corrected chi connectivity index (χ1v) is 20.3. The molecule has 5 fully saturated rings. The van der Waals surface area contributed by atoms with Gasteiger partial charge in [0, 0.05) is 49.7 Å². The van der Waals surface area contributed by atoms with Crippen molar-refractivity contribution < 1.29 is 33.4 Å². The van der Waals surface area contributed by atoms with Crippen LogP contribution in [0.4, 0.5) is 11.5 Å². The van der Waals surface area contributed by atoms with E-state index in [2.05, 4.69) is 48.3 Å². The summed E-state index contributed by atoms with van der Waals surface area (Å²) in [6.07, 6.45) is 10.2. The number of amides is 4. The number of carbonyl (C=O) groups is 4. The van der Waals surface area contributed by atoms with Crippen LogP contribution in [0, 0.1) is 0 Å². The highest BCUT2D eigenvalue weighted by Crippen LogP contribution is 2.41. The van der Waals surface area contributed by atoms with Gasteiger partial charge < -0.3 is 24.0 Å². The first-order valence-electron chi connectivity index (χ1n) is 20.3. The summed E-state index contributed by atoms with van der Waals surface area (Å²) >= 11 is 0. The number of nitrogens with one attached hydrogen (secondary N) is 2. The summed E-state index contributed by atoms with van der Waals surface area (Å²) in [5.74, 6) is -0.225. The molecule has 0 bridgehead atoms. The van der Waals surface area contributed by atoms with Crippen LogP contribution in [0.1, 0.15) is 91.8 Å². The Hall–Kier alpha value is -5.41. The minimum absolute atomic E-state index is 0.0547. The smallest absolute Gasteiger partial charge is 0.262 e. The Labute approximate surface area is 329 Å². The van der Waals surface area contributed by atoms with Gasteiger partial charge in [0.25, 0.3) is 11.8 Å². The number of benzene rings is 2. The Bertz CT molecular complexity index is 2250. The second-order valence-corrected chi connectivity index (χ2v) is 16.6. The quantitative estimate of drug-likeness (QED) is 0.216. The standard InChI is InChI=1S/C42H46N8O7/c1-42(12-13-42)57-27-3-5-33-32(21-27)38(47-46-33)34-22-36(44-23-43-34)49-16-10-26(11-17-49)56-29-19-28(20-29)55-25-8-14-48(15-9-25)24-2-4-30-31(18-24)41(54)50(40(30)53)35-6-7-37(51)45-39(35)52/h2-5,18,21-23,25-26,28-29,35H,6-17,19-20H2,1H3,(H,46,47)(H,45,51,52). The van der Waals surface area contributed by atoms with Crippen LogP contribution in [0.15, 0.2) is 48.8 Å². The summed E-state index contributed by atoms with van der Waals surface area (Å²) in [6.45, 7) is 5.40. The number of piperidine rings is 3. The molecule has 0 spiro atoms. The molecule has 2 aromatic carbocycles. The fourth-order valence-corrected chi connectivity index (χ4v) is 8.87. The van der Waals surface area contributed by atoms with Gasteiger partial charge in [0.2, 0.25) is 11.8 Å².